The quantitative estimate of drug-likeness (QED) is 0.0462. The summed E-state index contributed by atoms with van der Waals surface area (Å²) in [6.45, 7) is -11.3. The smallest absolute Gasteiger partial charge is 0.231 e. The molecule has 4 saturated heterocycles. The van der Waals surface area contributed by atoms with Gasteiger partial charge in [-0.3, -0.25) is 0 Å². The van der Waals surface area contributed by atoms with E-state index in [2.05, 4.69) is 0 Å². The first-order valence-corrected chi connectivity index (χ1v) is 41.3. The van der Waals surface area contributed by atoms with E-state index in [1.54, 1.807) is 47.4 Å². The average molecular weight is 1700 g/mol. The van der Waals surface area contributed by atoms with Crippen LogP contribution in [-0.4, -0.2) is 149 Å². The Hall–Kier alpha value is -11.3. The maximum atomic E-state index is 9.51. The molecule has 12 aromatic rings. The van der Waals surface area contributed by atoms with E-state index in [4.69, 9.17) is 106 Å². The van der Waals surface area contributed by atoms with Crippen LogP contribution in [0, 0.1) is 0 Å². The van der Waals surface area contributed by atoms with Crippen molar-refractivity contribution >= 4 is 0 Å². The molecule has 4 atom stereocenters. The summed E-state index contributed by atoms with van der Waals surface area (Å²) in [6.07, 6.45) is -9.62. The number of nitrogens with zero attached hydrogens (tertiary/aromatic N) is 4. The fourth-order valence-corrected chi connectivity index (χ4v) is 15.0. The molecule has 8 aliphatic heterocycles. The summed E-state index contributed by atoms with van der Waals surface area (Å²) < 4.78 is 388. The van der Waals surface area contributed by atoms with Gasteiger partial charge in [0.15, 0.2) is 46.0 Å². The highest BCUT2D eigenvalue weighted by Crippen LogP contribution is 2.40. The van der Waals surface area contributed by atoms with Gasteiger partial charge in [-0.15, -0.1) is 0 Å². The Balaban J connectivity index is 0.000000146. The van der Waals surface area contributed by atoms with E-state index >= 15 is 0 Å². The van der Waals surface area contributed by atoms with E-state index in [1.165, 1.54) is 45.0 Å². The molecule has 0 unspecified atom stereocenters. The molecule has 12 aromatic carbocycles. The van der Waals surface area contributed by atoms with Crippen molar-refractivity contribution in [3.8, 4) is 46.0 Å². The fourth-order valence-electron chi connectivity index (χ4n) is 15.0. The zero-order valence-electron chi connectivity index (χ0n) is 106. The standard InChI is InChI=1S/4C27H29NO3/c4*1-3-8-22(9-4-1)27(23-10-5-2-6-11-23)31-24-12-7-16-28(19-24)17-15-21-13-14-25-26(18-21)30-20-29-25/h4*1-6,8-11,13-14,18,24,27H,7,12,15-17,19-20H2/t4*24-/m1111/s1/i1D,2D,3D,4D,5D,6D,8D,9D,10D,11D,17D2,20D2,27D;1D,2D,3D,4D,5D,6D,8D,9D,10D,11D,17D2,27D;15D2,17D2,20D2;15D2,17D2. The van der Waals surface area contributed by atoms with E-state index in [0.29, 0.717) is 79.6 Å². The van der Waals surface area contributed by atoms with Crippen molar-refractivity contribution in [2.24, 2.45) is 0 Å². The third kappa shape index (κ3) is 23.8. The van der Waals surface area contributed by atoms with Gasteiger partial charge in [0.1, 0.15) is 29.9 Å². The van der Waals surface area contributed by atoms with Crippen LogP contribution in [0.3, 0.4) is 0 Å². The maximum absolute atomic E-state index is 9.51. The number of ether oxygens (including phenoxy) is 12. The number of aryl methyl sites for hydroxylation is 4. The molecule has 8 aliphatic rings. The van der Waals surface area contributed by atoms with Crippen LogP contribution in [0.4, 0.5) is 0 Å². The molecule has 20 rings (SSSR count). The molecule has 16 heteroatoms. The third-order valence-electron chi connectivity index (χ3n) is 21.2. The molecule has 4 fully saturated rings. The number of hydrogen-bond acceptors (Lipinski definition) is 16. The number of piperidine rings is 4. The van der Waals surface area contributed by atoms with Crippen LogP contribution < -0.4 is 37.9 Å². The molecule has 0 saturated carbocycles. The minimum Gasteiger partial charge on any atom is -0.454 e. The Morgan fingerprint density at radius 3 is 0.895 bits per heavy atom. The highest BCUT2D eigenvalue weighted by atomic mass is 16.7. The molecule has 0 bridgehead atoms. The lowest BCUT2D eigenvalue weighted by molar-refractivity contribution is -0.0331. The lowest BCUT2D eigenvalue weighted by Gasteiger charge is -2.35. The van der Waals surface area contributed by atoms with Gasteiger partial charge in [-0.25, -0.2) is 0 Å². The molecule has 0 amide bonds. The van der Waals surface area contributed by atoms with Crippen molar-refractivity contribution in [1.82, 2.24) is 19.6 Å². The molecule has 0 aliphatic carbocycles. The summed E-state index contributed by atoms with van der Waals surface area (Å²) in [7, 11) is 0. The van der Waals surface area contributed by atoms with Crippen molar-refractivity contribution in [1.29, 1.82) is 0 Å². The number of fused-ring (bicyclic) bond motifs is 4. The predicted octanol–water partition coefficient (Wildman–Crippen LogP) is 20.9. The maximum Gasteiger partial charge on any atom is 0.231 e. The summed E-state index contributed by atoms with van der Waals surface area (Å²) in [5, 5.41) is 0. The van der Waals surface area contributed by atoms with Gasteiger partial charge in [0.05, 0.1) is 54.6 Å². The number of rotatable bonds is 28. The zero-order chi connectivity index (χ0) is 117. The molecular weight excluding hydrogens is 1550 g/mol. The van der Waals surface area contributed by atoms with Gasteiger partial charge in [0, 0.05) is 68.6 Å². The molecule has 16 nitrogen and oxygen atoms in total. The van der Waals surface area contributed by atoms with Crippen LogP contribution in [0.5, 0.6) is 46.0 Å². The highest BCUT2D eigenvalue weighted by molar-refractivity contribution is 5.48. The second-order valence-corrected chi connectivity index (χ2v) is 29.8. The van der Waals surface area contributed by atoms with E-state index in [9.17, 15) is 2.74 Å². The van der Waals surface area contributed by atoms with E-state index in [-0.39, 0.29) is 124 Å². The molecule has 0 radical (unpaired) electrons. The first-order valence-electron chi connectivity index (χ1n) is 60.3. The Kier molecular flexibility index (Phi) is 17.9. The van der Waals surface area contributed by atoms with Crippen molar-refractivity contribution in [3.05, 3.63) is 382 Å². The van der Waals surface area contributed by atoms with Gasteiger partial charge < -0.3 is 76.4 Å². The Bertz CT molecular complexity index is 7100. The van der Waals surface area contributed by atoms with Crippen LogP contribution in [0.2, 0.25) is 0 Å². The Morgan fingerprint density at radius 1 is 0.298 bits per heavy atom. The van der Waals surface area contributed by atoms with Crippen LogP contribution in [-0.2, 0) is 44.5 Å². The third-order valence-corrected chi connectivity index (χ3v) is 21.2. The molecule has 0 N–H and O–H groups in total. The lowest BCUT2D eigenvalue weighted by atomic mass is 10.00. The van der Waals surface area contributed by atoms with Crippen LogP contribution in [0.15, 0.2) is 315 Å². The largest absolute Gasteiger partial charge is 0.454 e. The molecular formula is C108H116N4O12. The van der Waals surface area contributed by atoms with Gasteiger partial charge in [-0.1, -0.05) is 266 Å². The summed E-state index contributed by atoms with van der Waals surface area (Å²) in [4.78, 5) is 6.04. The van der Waals surface area contributed by atoms with Crippen LogP contribution in [0.1, 0.15) is 195 Å². The predicted molar refractivity (Wildman–Crippen MR) is 486 cm³/mol. The van der Waals surface area contributed by atoms with E-state index < -0.39 is 220 Å². The summed E-state index contributed by atoms with van der Waals surface area (Å²) in [6, 6.07) is 42.5. The fraction of sp³-hybridized carbons (Fsp3) is 0.333. The van der Waals surface area contributed by atoms with E-state index in [0.717, 1.165) is 41.5 Å². The number of likely N-dealkylation sites (tertiary alicyclic amines) is 4. The number of benzene rings is 12. The first kappa shape index (κ1) is 50.6. The SMILES string of the molecule is [2H]C([2H])(c1ccc2c(c1)OCO2)C([2H])([2H])N1CCC[C@@H](OC(c2ccccc2)c2ccccc2)C1.[2H]C1([2H])Oc2ccc(C([2H])([2H])C([2H])([2H])N3CCC[C@@H](OC(c4ccccc4)c4ccccc4)C3)cc2O1.[2H]c1c([2H])c([2H])c(C([2H])(O[C@@H]2CCCN(C([2H])([2H])Cc3ccc4c(c3)OC([2H])([2H])O4)C2)c2c([2H])c([2H])c([2H])c([2H])c2[2H])c([2H])c1[2H].[2H]c1c([2H])c([2H])c(C([2H])(O[C@@H]2CCCN(C([2H])([2H])Cc3ccc4c(c3)OCO4)C2)c2c([2H])c([2H])c([2H])c([2H])c2[2H])c([2H])c1[2H]. The monoisotopic (exact) mass is 1700 g/mol. The number of hydrogen-bond donors (Lipinski definition) is 0. The minimum absolute atomic E-state index is 0.0331. The first-order chi connectivity index (χ1) is 76.3. The van der Waals surface area contributed by atoms with Crippen LogP contribution in [0.25, 0.3) is 0 Å². The Labute approximate surface area is 785 Å². The minimum atomic E-state index is -2.89. The summed E-state index contributed by atoms with van der Waals surface area (Å²) in [5.74, 6) is 2.56. The van der Waals surface area contributed by atoms with Gasteiger partial charge in [0.25, 0.3) is 0 Å². The summed E-state index contributed by atoms with van der Waals surface area (Å²) in [5.41, 5.74) is 2.59. The zero-order valence-corrected chi connectivity index (χ0v) is 67.8. The Morgan fingerprint density at radius 2 is 0.565 bits per heavy atom. The van der Waals surface area contributed by atoms with Crippen molar-refractivity contribution in [2.75, 3.05) is 105 Å². The molecule has 124 heavy (non-hydrogen) atoms. The van der Waals surface area contributed by atoms with Crippen LogP contribution >= 0.6 is 0 Å². The average Bonchev–Trinajstić information content (AvgIpc) is 1.06. The molecule has 640 valence electrons. The second kappa shape index (κ2) is 43.9. The van der Waals surface area contributed by atoms with E-state index in [1.807, 2.05) is 121 Å². The topological polar surface area (TPSA) is 124 Å². The normalized spacial score (nSPS) is 24.5. The van der Waals surface area contributed by atoms with Gasteiger partial charge in [-0.05, 0) is 218 Å². The van der Waals surface area contributed by atoms with Crippen molar-refractivity contribution in [2.45, 2.75) is 126 Å². The second-order valence-electron chi connectivity index (χ2n) is 29.8. The van der Waals surface area contributed by atoms with Gasteiger partial charge in [0.2, 0.25) is 27.1 Å². The molecule has 8 heterocycles. The van der Waals surface area contributed by atoms with Gasteiger partial charge in [-0.2, -0.15) is 0 Å². The lowest BCUT2D eigenvalue weighted by Crippen LogP contribution is -2.41. The van der Waals surface area contributed by atoms with Crippen molar-refractivity contribution < 1.29 is 109 Å². The molecule has 0 aromatic heterocycles. The molecule has 0 spiro atoms. The highest BCUT2D eigenvalue weighted by Gasteiger charge is 2.32. The summed E-state index contributed by atoms with van der Waals surface area (Å²) >= 11 is 0. The van der Waals surface area contributed by atoms with Crippen molar-refractivity contribution in [3.63, 3.8) is 0 Å². The van der Waals surface area contributed by atoms with Gasteiger partial charge >= 0.3 is 0 Å².